The van der Waals surface area contributed by atoms with Crippen LogP contribution in [0.1, 0.15) is 18.9 Å². The number of anilines is 1. The average molecular weight is 272 g/mol. The van der Waals surface area contributed by atoms with E-state index in [0.717, 1.165) is 29.2 Å². The minimum absolute atomic E-state index is 0.453. The molecule has 3 saturated heterocycles. The quantitative estimate of drug-likeness (QED) is 0.907. The largest absolute Gasteiger partial charge is 0.497 e. The molecule has 5 nitrogen and oxygen atoms in total. The molecule has 2 aromatic rings. The first-order valence-corrected chi connectivity index (χ1v) is 7.30. The van der Waals surface area contributed by atoms with E-state index in [1.807, 2.05) is 12.1 Å². The molecule has 1 atom stereocenters. The Kier molecular flexibility index (Phi) is 2.63. The standard InChI is InChI=1S/C15H20N4O/c1-20-11-2-3-12-13(8-11)19(15(16)17-12)14-9-18-6-4-10(14)5-7-18/h2-3,8,10,14H,4-7,9H2,1H3,(H2,16,17). The summed E-state index contributed by atoms with van der Waals surface area (Å²) in [5.41, 5.74) is 8.26. The Hall–Kier alpha value is -1.75. The number of hydrogen-bond donors (Lipinski definition) is 1. The maximum Gasteiger partial charge on any atom is 0.201 e. The molecule has 1 unspecified atom stereocenters. The van der Waals surface area contributed by atoms with Crippen molar-refractivity contribution in [3.8, 4) is 5.75 Å². The van der Waals surface area contributed by atoms with Gasteiger partial charge in [-0.2, -0.15) is 0 Å². The molecular weight excluding hydrogens is 252 g/mol. The first-order valence-electron chi connectivity index (χ1n) is 7.30. The Morgan fingerprint density at radius 1 is 1.30 bits per heavy atom. The number of methoxy groups -OCH3 is 1. The van der Waals surface area contributed by atoms with Gasteiger partial charge in [0.2, 0.25) is 5.95 Å². The van der Waals surface area contributed by atoms with Gasteiger partial charge in [-0.15, -0.1) is 0 Å². The van der Waals surface area contributed by atoms with E-state index in [-0.39, 0.29) is 0 Å². The molecule has 0 amide bonds. The first kappa shape index (κ1) is 12.0. The van der Waals surface area contributed by atoms with Gasteiger partial charge in [-0.3, -0.25) is 0 Å². The van der Waals surface area contributed by atoms with E-state index >= 15 is 0 Å². The van der Waals surface area contributed by atoms with E-state index < -0.39 is 0 Å². The number of benzene rings is 1. The van der Waals surface area contributed by atoms with Crippen LogP contribution >= 0.6 is 0 Å². The molecule has 4 heterocycles. The maximum atomic E-state index is 6.20. The second kappa shape index (κ2) is 4.38. The van der Waals surface area contributed by atoms with Gasteiger partial charge < -0.3 is 19.9 Å². The lowest BCUT2D eigenvalue weighted by Crippen LogP contribution is -2.48. The molecular formula is C15H20N4O. The molecule has 1 aromatic heterocycles. The second-order valence-corrected chi connectivity index (χ2v) is 5.90. The summed E-state index contributed by atoms with van der Waals surface area (Å²) in [6.45, 7) is 3.56. The van der Waals surface area contributed by atoms with Crippen molar-refractivity contribution < 1.29 is 4.74 Å². The predicted molar refractivity (Wildman–Crippen MR) is 78.9 cm³/mol. The smallest absolute Gasteiger partial charge is 0.201 e. The highest BCUT2D eigenvalue weighted by molar-refractivity contribution is 5.80. The van der Waals surface area contributed by atoms with Crippen molar-refractivity contribution in [3.05, 3.63) is 18.2 Å². The third-order valence-corrected chi connectivity index (χ3v) is 4.88. The Balaban J connectivity index is 1.84. The topological polar surface area (TPSA) is 56.3 Å². The lowest BCUT2D eigenvalue weighted by Gasteiger charge is -2.45. The fourth-order valence-corrected chi connectivity index (χ4v) is 3.79. The lowest BCUT2D eigenvalue weighted by molar-refractivity contribution is 0.0598. The number of aromatic nitrogens is 2. The van der Waals surface area contributed by atoms with E-state index in [1.54, 1.807) is 7.11 Å². The third-order valence-electron chi connectivity index (χ3n) is 4.88. The number of piperidine rings is 3. The predicted octanol–water partition coefficient (Wildman–Crippen LogP) is 1.89. The van der Waals surface area contributed by atoms with Gasteiger partial charge in [0.15, 0.2) is 0 Å². The van der Waals surface area contributed by atoms with Gasteiger partial charge in [-0.05, 0) is 44.0 Å². The summed E-state index contributed by atoms with van der Waals surface area (Å²) in [7, 11) is 1.69. The number of hydrogen-bond acceptors (Lipinski definition) is 4. The maximum absolute atomic E-state index is 6.20. The van der Waals surface area contributed by atoms with Crippen LogP contribution in [0.15, 0.2) is 18.2 Å². The molecule has 0 radical (unpaired) electrons. The molecule has 5 rings (SSSR count). The van der Waals surface area contributed by atoms with Crippen LogP contribution in [0.3, 0.4) is 0 Å². The zero-order valence-corrected chi connectivity index (χ0v) is 11.7. The summed E-state index contributed by atoms with van der Waals surface area (Å²) in [6, 6.07) is 6.43. The summed E-state index contributed by atoms with van der Waals surface area (Å²) in [4.78, 5) is 7.05. The van der Waals surface area contributed by atoms with Crippen LogP contribution in [0.2, 0.25) is 0 Å². The lowest BCUT2D eigenvalue weighted by atomic mass is 9.84. The fraction of sp³-hybridized carbons (Fsp3) is 0.533. The van der Waals surface area contributed by atoms with Crippen LogP contribution in [0.4, 0.5) is 5.95 Å². The van der Waals surface area contributed by atoms with Crippen molar-refractivity contribution in [1.29, 1.82) is 0 Å². The number of rotatable bonds is 2. The molecule has 3 fully saturated rings. The SMILES string of the molecule is COc1ccc2nc(N)n(C3CN4CCC3CC4)c2c1. The number of nitrogen functional groups attached to an aromatic ring is 1. The first-order chi connectivity index (χ1) is 9.76. The Labute approximate surface area is 118 Å². The van der Waals surface area contributed by atoms with E-state index in [0.29, 0.717) is 12.0 Å². The average Bonchev–Trinajstić information content (AvgIpc) is 2.83. The van der Waals surface area contributed by atoms with E-state index in [4.69, 9.17) is 10.5 Å². The van der Waals surface area contributed by atoms with Gasteiger partial charge in [-0.25, -0.2) is 4.98 Å². The van der Waals surface area contributed by atoms with E-state index in [2.05, 4.69) is 20.5 Å². The summed E-state index contributed by atoms with van der Waals surface area (Å²) >= 11 is 0. The summed E-state index contributed by atoms with van der Waals surface area (Å²) in [5.74, 6) is 2.22. The van der Waals surface area contributed by atoms with Crippen LogP contribution in [-0.2, 0) is 0 Å². The molecule has 0 spiro atoms. The zero-order valence-electron chi connectivity index (χ0n) is 11.7. The van der Waals surface area contributed by atoms with Crippen molar-refractivity contribution in [1.82, 2.24) is 14.5 Å². The summed E-state index contributed by atoms with van der Waals surface area (Å²) in [5, 5.41) is 0. The van der Waals surface area contributed by atoms with Gasteiger partial charge in [0, 0.05) is 12.6 Å². The number of nitrogens with two attached hydrogens (primary N) is 1. The van der Waals surface area contributed by atoms with Crippen molar-refractivity contribution in [2.24, 2.45) is 5.92 Å². The Morgan fingerprint density at radius 3 is 2.75 bits per heavy atom. The normalized spacial score (nSPS) is 28.9. The van der Waals surface area contributed by atoms with Crippen molar-refractivity contribution >= 4 is 17.0 Å². The summed E-state index contributed by atoms with van der Waals surface area (Å²) in [6.07, 6.45) is 2.54. The number of nitrogens with zero attached hydrogens (tertiary/aromatic N) is 3. The van der Waals surface area contributed by atoms with Crippen molar-refractivity contribution in [2.75, 3.05) is 32.5 Å². The molecule has 3 aliphatic heterocycles. The highest BCUT2D eigenvalue weighted by Crippen LogP contribution is 2.39. The second-order valence-electron chi connectivity index (χ2n) is 5.90. The number of ether oxygens (including phenoxy) is 1. The molecule has 20 heavy (non-hydrogen) atoms. The molecule has 106 valence electrons. The molecule has 1 aromatic carbocycles. The van der Waals surface area contributed by atoms with E-state index in [1.165, 1.54) is 25.9 Å². The molecule has 2 N–H and O–H groups in total. The van der Waals surface area contributed by atoms with Gasteiger partial charge >= 0.3 is 0 Å². The molecule has 0 saturated carbocycles. The number of imidazole rings is 1. The van der Waals surface area contributed by atoms with E-state index in [9.17, 15) is 0 Å². The van der Waals surface area contributed by atoms with Gasteiger partial charge in [0.1, 0.15) is 5.75 Å². The number of fused-ring (bicyclic) bond motifs is 4. The van der Waals surface area contributed by atoms with Crippen LogP contribution in [0.5, 0.6) is 5.75 Å². The molecule has 3 aliphatic rings. The highest BCUT2D eigenvalue weighted by atomic mass is 16.5. The van der Waals surface area contributed by atoms with Gasteiger partial charge in [0.05, 0.1) is 24.2 Å². The van der Waals surface area contributed by atoms with Crippen LogP contribution in [0.25, 0.3) is 11.0 Å². The Morgan fingerprint density at radius 2 is 2.10 bits per heavy atom. The molecule has 5 heteroatoms. The highest BCUT2D eigenvalue weighted by Gasteiger charge is 2.36. The van der Waals surface area contributed by atoms with Gasteiger partial charge in [-0.1, -0.05) is 0 Å². The molecule has 2 bridgehead atoms. The van der Waals surface area contributed by atoms with Crippen LogP contribution in [-0.4, -0.2) is 41.2 Å². The zero-order chi connectivity index (χ0) is 13.7. The fourth-order valence-electron chi connectivity index (χ4n) is 3.79. The van der Waals surface area contributed by atoms with Crippen molar-refractivity contribution in [2.45, 2.75) is 18.9 Å². The monoisotopic (exact) mass is 272 g/mol. The minimum atomic E-state index is 0.453. The van der Waals surface area contributed by atoms with Gasteiger partial charge in [0.25, 0.3) is 0 Å². The van der Waals surface area contributed by atoms with Crippen molar-refractivity contribution in [3.63, 3.8) is 0 Å². The minimum Gasteiger partial charge on any atom is -0.497 e. The Bertz CT molecular complexity index is 643. The summed E-state index contributed by atoms with van der Waals surface area (Å²) < 4.78 is 7.57. The third kappa shape index (κ3) is 1.69. The molecule has 0 aliphatic carbocycles. The van der Waals surface area contributed by atoms with Crippen LogP contribution in [0, 0.1) is 5.92 Å². The van der Waals surface area contributed by atoms with Crippen LogP contribution < -0.4 is 10.5 Å².